The summed E-state index contributed by atoms with van der Waals surface area (Å²) < 4.78 is 2.17. The highest BCUT2D eigenvalue weighted by atomic mass is 16.2. The number of imidazole rings is 1. The lowest BCUT2D eigenvalue weighted by atomic mass is 9.97. The van der Waals surface area contributed by atoms with Gasteiger partial charge in [-0.05, 0) is 38.3 Å². The molecule has 5 nitrogen and oxygen atoms in total. The van der Waals surface area contributed by atoms with Crippen molar-refractivity contribution in [1.29, 1.82) is 0 Å². The summed E-state index contributed by atoms with van der Waals surface area (Å²) in [7, 11) is 0. The molecule has 2 aliphatic heterocycles. The van der Waals surface area contributed by atoms with Crippen LogP contribution in [0.4, 0.5) is 0 Å². The standard InChI is InChI=1S/C17H28N4O/c1-13(2)16(20-9-4-3-5-10-20)17(22)19-14-6-7-15-18-8-11-21(15)12-14/h8,11,13-14,16H,3-7,9-10,12H2,1-2H3,(H,19,22)/t14-,16-/m0/s1. The number of rotatable bonds is 4. The molecule has 1 saturated heterocycles. The van der Waals surface area contributed by atoms with Crippen molar-refractivity contribution in [3.05, 3.63) is 18.2 Å². The van der Waals surface area contributed by atoms with Gasteiger partial charge in [-0.1, -0.05) is 20.3 Å². The van der Waals surface area contributed by atoms with E-state index in [0.717, 1.165) is 38.3 Å². The third-order valence-electron chi connectivity index (χ3n) is 4.97. The Morgan fingerprint density at radius 2 is 2.09 bits per heavy atom. The van der Waals surface area contributed by atoms with E-state index in [1.807, 2.05) is 12.4 Å². The third kappa shape index (κ3) is 3.35. The summed E-state index contributed by atoms with van der Waals surface area (Å²) in [6.07, 6.45) is 9.55. The molecule has 0 spiro atoms. The van der Waals surface area contributed by atoms with Crippen molar-refractivity contribution >= 4 is 5.91 Å². The summed E-state index contributed by atoms with van der Waals surface area (Å²) >= 11 is 0. The van der Waals surface area contributed by atoms with Crippen molar-refractivity contribution in [3.63, 3.8) is 0 Å². The summed E-state index contributed by atoms with van der Waals surface area (Å²) in [6, 6.07) is 0.254. The van der Waals surface area contributed by atoms with E-state index in [1.54, 1.807) is 0 Å². The number of piperidine rings is 1. The number of aromatic nitrogens is 2. The lowest BCUT2D eigenvalue weighted by molar-refractivity contribution is -0.129. The highest BCUT2D eigenvalue weighted by Gasteiger charge is 2.31. The fraction of sp³-hybridized carbons (Fsp3) is 0.765. The van der Waals surface area contributed by atoms with Gasteiger partial charge in [-0.25, -0.2) is 4.98 Å². The smallest absolute Gasteiger partial charge is 0.237 e. The van der Waals surface area contributed by atoms with E-state index >= 15 is 0 Å². The molecule has 0 unspecified atom stereocenters. The number of likely N-dealkylation sites (tertiary alicyclic amines) is 1. The number of amides is 1. The average Bonchev–Trinajstić information content (AvgIpc) is 2.95. The van der Waals surface area contributed by atoms with Gasteiger partial charge in [0.15, 0.2) is 0 Å². The van der Waals surface area contributed by atoms with Gasteiger partial charge in [-0.15, -0.1) is 0 Å². The Morgan fingerprint density at radius 3 is 2.82 bits per heavy atom. The van der Waals surface area contributed by atoms with Gasteiger partial charge in [0.1, 0.15) is 5.82 Å². The first kappa shape index (κ1) is 15.5. The molecular weight excluding hydrogens is 276 g/mol. The van der Waals surface area contributed by atoms with E-state index < -0.39 is 0 Å². The number of fused-ring (bicyclic) bond motifs is 1. The fourth-order valence-corrected chi connectivity index (χ4v) is 3.86. The zero-order chi connectivity index (χ0) is 15.5. The molecule has 0 radical (unpaired) electrons. The Morgan fingerprint density at radius 1 is 1.32 bits per heavy atom. The zero-order valence-corrected chi connectivity index (χ0v) is 13.8. The quantitative estimate of drug-likeness (QED) is 0.923. The van der Waals surface area contributed by atoms with Crippen LogP contribution in [0.3, 0.4) is 0 Å². The SMILES string of the molecule is CC(C)[C@@H](C(=O)N[C@H]1CCc2nccn2C1)N1CCCCC1. The predicted molar refractivity (Wildman–Crippen MR) is 86.5 cm³/mol. The van der Waals surface area contributed by atoms with Gasteiger partial charge < -0.3 is 9.88 Å². The molecule has 1 aromatic rings. The summed E-state index contributed by atoms with van der Waals surface area (Å²) in [4.78, 5) is 19.6. The van der Waals surface area contributed by atoms with E-state index in [0.29, 0.717) is 5.92 Å². The topological polar surface area (TPSA) is 50.2 Å². The van der Waals surface area contributed by atoms with E-state index in [4.69, 9.17) is 0 Å². The van der Waals surface area contributed by atoms with Crippen LogP contribution in [0.1, 0.15) is 45.4 Å². The lowest BCUT2D eigenvalue weighted by Crippen LogP contribution is -2.54. The van der Waals surface area contributed by atoms with Crippen LogP contribution in [0.2, 0.25) is 0 Å². The zero-order valence-electron chi connectivity index (χ0n) is 13.8. The van der Waals surface area contributed by atoms with Crippen LogP contribution in [0, 0.1) is 5.92 Å². The molecule has 2 atom stereocenters. The molecule has 1 aromatic heterocycles. The second-order valence-corrected chi connectivity index (χ2v) is 7.03. The summed E-state index contributed by atoms with van der Waals surface area (Å²) in [5.41, 5.74) is 0. The van der Waals surface area contributed by atoms with Crippen molar-refractivity contribution in [2.24, 2.45) is 5.92 Å². The number of carbonyl (C=O) groups excluding carboxylic acids is 1. The van der Waals surface area contributed by atoms with Crippen LogP contribution >= 0.6 is 0 Å². The second-order valence-electron chi connectivity index (χ2n) is 7.03. The summed E-state index contributed by atoms with van der Waals surface area (Å²) in [5.74, 6) is 1.71. The fourth-order valence-electron chi connectivity index (χ4n) is 3.86. The third-order valence-corrected chi connectivity index (χ3v) is 4.97. The number of nitrogens with one attached hydrogen (secondary N) is 1. The minimum absolute atomic E-state index is 0.0180. The maximum Gasteiger partial charge on any atom is 0.237 e. The van der Waals surface area contributed by atoms with Crippen molar-refractivity contribution in [1.82, 2.24) is 19.8 Å². The molecule has 5 heteroatoms. The normalized spacial score (nSPS) is 24.0. The Kier molecular flexibility index (Phi) is 4.81. The Balaban J connectivity index is 1.62. The van der Waals surface area contributed by atoms with Crippen LogP contribution in [-0.2, 0) is 17.8 Å². The lowest BCUT2D eigenvalue weighted by Gasteiger charge is -2.37. The minimum atomic E-state index is 0.0180. The number of nitrogens with zero attached hydrogens (tertiary/aromatic N) is 3. The number of aryl methyl sites for hydroxylation is 1. The summed E-state index contributed by atoms with van der Waals surface area (Å²) in [5, 5.41) is 3.30. The van der Waals surface area contributed by atoms with Gasteiger partial charge in [0.2, 0.25) is 5.91 Å². The van der Waals surface area contributed by atoms with Crippen molar-refractivity contribution in [2.45, 2.75) is 64.6 Å². The number of hydrogen-bond donors (Lipinski definition) is 1. The van der Waals surface area contributed by atoms with Gasteiger partial charge in [0.05, 0.1) is 6.04 Å². The van der Waals surface area contributed by atoms with Crippen LogP contribution < -0.4 is 5.32 Å². The first-order valence-electron chi connectivity index (χ1n) is 8.69. The molecule has 1 fully saturated rings. The number of hydrogen-bond acceptors (Lipinski definition) is 3. The Labute approximate surface area is 133 Å². The predicted octanol–water partition coefficient (Wildman–Crippen LogP) is 1.82. The molecule has 0 aliphatic carbocycles. The van der Waals surface area contributed by atoms with Gasteiger partial charge in [0, 0.05) is 31.4 Å². The van der Waals surface area contributed by atoms with Crippen molar-refractivity contribution in [2.75, 3.05) is 13.1 Å². The summed E-state index contributed by atoms with van der Waals surface area (Å²) in [6.45, 7) is 7.30. The maximum atomic E-state index is 12.8. The molecule has 0 saturated carbocycles. The molecule has 122 valence electrons. The highest BCUT2D eigenvalue weighted by molar-refractivity contribution is 5.82. The molecule has 1 N–H and O–H groups in total. The number of carbonyl (C=O) groups is 1. The second kappa shape index (κ2) is 6.82. The molecule has 1 amide bonds. The van der Waals surface area contributed by atoms with Crippen molar-refractivity contribution in [3.8, 4) is 0 Å². The largest absolute Gasteiger partial charge is 0.350 e. The van der Waals surface area contributed by atoms with Crippen LogP contribution in [0.5, 0.6) is 0 Å². The monoisotopic (exact) mass is 304 g/mol. The first-order chi connectivity index (χ1) is 10.6. The molecule has 0 bridgehead atoms. The van der Waals surface area contributed by atoms with E-state index in [2.05, 4.69) is 33.6 Å². The molecular formula is C17H28N4O. The molecule has 2 aliphatic rings. The molecule has 3 heterocycles. The molecule has 3 rings (SSSR count). The Bertz CT molecular complexity index is 505. The van der Waals surface area contributed by atoms with Gasteiger partial charge >= 0.3 is 0 Å². The van der Waals surface area contributed by atoms with Gasteiger partial charge in [-0.3, -0.25) is 9.69 Å². The Hall–Kier alpha value is -1.36. The first-order valence-corrected chi connectivity index (χ1v) is 8.69. The highest BCUT2D eigenvalue weighted by Crippen LogP contribution is 2.19. The maximum absolute atomic E-state index is 12.8. The van der Waals surface area contributed by atoms with Crippen LogP contribution in [-0.4, -0.2) is 45.5 Å². The molecule has 22 heavy (non-hydrogen) atoms. The molecule has 0 aromatic carbocycles. The van der Waals surface area contributed by atoms with E-state index in [-0.39, 0.29) is 18.0 Å². The minimum Gasteiger partial charge on any atom is -0.350 e. The van der Waals surface area contributed by atoms with Crippen LogP contribution in [0.15, 0.2) is 12.4 Å². The van der Waals surface area contributed by atoms with E-state index in [9.17, 15) is 4.79 Å². The average molecular weight is 304 g/mol. The van der Waals surface area contributed by atoms with Crippen molar-refractivity contribution < 1.29 is 4.79 Å². The van der Waals surface area contributed by atoms with Gasteiger partial charge in [-0.2, -0.15) is 0 Å². The van der Waals surface area contributed by atoms with Gasteiger partial charge in [0.25, 0.3) is 0 Å². The van der Waals surface area contributed by atoms with E-state index in [1.165, 1.54) is 19.3 Å². The van der Waals surface area contributed by atoms with Crippen LogP contribution in [0.25, 0.3) is 0 Å².